The number of nitrogens with one attached hydrogen (secondary N) is 2. The Morgan fingerprint density at radius 3 is 2.56 bits per heavy atom. The number of H-pyrrole nitrogens is 1. The molecule has 1 saturated carbocycles. The molecule has 0 aromatic carbocycles. The second-order valence-electron chi connectivity index (χ2n) is 7.28. The number of aromatic amines is 1. The predicted molar refractivity (Wildman–Crippen MR) is 101 cm³/mol. The predicted octanol–water partition coefficient (Wildman–Crippen LogP) is 2.14. The van der Waals surface area contributed by atoms with Crippen molar-refractivity contribution in [1.29, 1.82) is 0 Å². The number of carbonyl (C=O) groups is 1. The zero-order valence-corrected chi connectivity index (χ0v) is 15.7. The van der Waals surface area contributed by atoms with Gasteiger partial charge in [0.2, 0.25) is 5.88 Å². The number of rotatable bonds is 6. The molecule has 1 unspecified atom stereocenters. The maximum Gasteiger partial charge on any atom is 0.261 e. The molecule has 1 aliphatic rings. The van der Waals surface area contributed by atoms with E-state index in [0.717, 1.165) is 11.3 Å². The summed E-state index contributed by atoms with van der Waals surface area (Å²) in [6.07, 6.45) is 2.49. The number of hydrogen-bond acceptors (Lipinski definition) is 5. The van der Waals surface area contributed by atoms with E-state index in [1.807, 2.05) is 19.9 Å². The number of aliphatic hydroxyl groups is 1. The van der Waals surface area contributed by atoms with Crippen LogP contribution in [0.3, 0.4) is 0 Å². The highest BCUT2D eigenvalue weighted by Gasteiger charge is 2.36. The van der Waals surface area contributed by atoms with Crippen LogP contribution in [0.1, 0.15) is 60.3 Å². The van der Waals surface area contributed by atoms with Crippen LogP contribution in [0.25, 0.3) is 0 Å². The summed E-state index contributed by atoms with van der Waals surface area (Å²) in [7, 11) is 1.54. The Bertz CT molecular complexity index is 854. The molecule has 3 N–H and O–H groups in total. The van der Waals surface area contributed by atoms with Gasteiger partial charge in [0.1, 0.15) is 5.56 Å². The quantitative estimate of drug-likeness (QED) is 0.722. The van der Waals surface area contributed by atoms with Crippen molar-refractivity contribution in [3.63, 3.8) is 0 Å². The highest BCUT2D eigenvalue weighted by atomic mass is 16.5. The SMILES string of the molecule is COc1ccc(C(NC(=O)c2ccc(C(C)C)[nH]c2=O)C2CC(O)C2)cn1. The number of hydrogen-bond donors (Lipinski definition) is 3. The van der Waals surface area contributed by atoms with Gasteiger partial charge in [-0.1, -0.05) is 19.9 Å². The second kappa shape index (κ2) is 7.92. The number of methoxy groups -OCH3 is 1. The zero-order chi connectivity index (χ0) is 19.6. The molecule has 0 bridgehead atoms. The molecule has 0 radical (unpaired) electrons. The number of amides is 1. The van der Waals surface area contributed by atoms with E-state index in [9.17, 15) is 14.7 Å². The third-order valence-corrected chi connectivity index (χ3v) is 5.03. The van der Waals surface area contributed by atoms with Crippen molar-refractivity contribution in [1.82, 2.24) is 15.3 Å². The molecular weight excluding hydrogens is 346 g/mol. The van der Waals surface area contributed by atoms with Gasteiger partial charge in [0, 0.05) is 18.0 Å². The number of aliphatic hydroxyl groups excluding tert-OH is 1. The molecule has 27 heavy (non-hydrogen) atoms. The van der Waals surface area contributed by atoms with Crippen LogP contribution < -0.4 is 15.6 Å². The topological polar surface area (TPSA) is 104 Å². The summed E-state index contributed by atoms with van der Waals surface area (Å²) in [4.78, 5) is 32.0. The van der Waals surface area contributed by atoms with Crippen molar-refractivity contribution in [2.45, 2.75) is 44.8 Å². The summed E-state index contributed by atoms with van der Waals surface area (Å²) in [5.74, 6) is 0.310. The van der Waals surface area contributed by atoms with Crippen molar-refractivity contribution < 1.29 is 14.6 Å². The molecule has 144 valence electrons. The molecule has 1 amide bonds. The van der Waals surface area contributed by atoms with E-state index >= 15 is 0 Å². The van der Waals surface area contributed by atoms with Gasteiger partial charge in [-0.05, 0) is 42.4 Å². The first-order chi connectivity index (χ1) is 12.9. The van der Waals surface area contributed by atoms with Crippen LogP contribution in [0.5, 0.6) is 5.88 Å². The monoisotopic (exact) mass is 371 g/mol. The van der Waals surface area contributed by atoms with Crippen LogP contribution in [-0.4, -0.2) is 34.2 Å². The smallest absolute Gasteiger partial charge is 0.261 e. The molecule has 7 nitrogen and oxygen atoms in total. The lowest BCUT2D eigenvalue weighted by Crippen LogP contribution is -2.42. The van der Waals surface area contributed by atoms with Gasteiger partial charge in [-0.3, -0.25) is 9.59 Å². The maximum atomic E-state index is 12.7. The highest BCUT2D eigenvalue weighted by Crippen LogP contribution is 2.38. The van der Waals surface area contributed by atoms with E-state index in [-0.39, 0.29) is 29.5 Å². The number of pyridine rings is 2. The van der Waals surface area contributed by atoms with Gasteiger partial charge in [-0.2, -0.15) is 0 Å². The first-order valence-corrected chi connectivity index (χ1v) is 9.11. The minimum atomic E-state index is -0.436. The second-order valence-corrected chi connectivity index (χ2v) is 7.28. The summed E-state index contributed by atoms with van der Waals surface area (Å²) < 4.78 is 5.08. The van der Waals surface area contributed by atoms with Gasteiger partial charge in [-0.25, -0.2) is 4.98 Å². The molecule has 7 heteroatoms. The van der Waals surface area contributed by atoms with Crippen molar-refractivity contribution in [2.75, 3.05) is 7.11 Å². The van der Waals surface area contributed by atoms with Crippen LogP contribution in [0.2, 0.25) is 0 Å². The molecule has 0 spiro atoms. The van der Waals surface area contributed by atoms with Crippen LogP contribution in [-0.2, 0) is 0 Å². The van der Waals surface area contributed by atoms with Gasteiger partial charge < -0.3 is 20.1 Å². The van der Waals surface area contributed by atoms with Crippen LogP contribution in [0.15, 0.2) is 35.3 Å². The summed E-state index contributed by atoms with van der Waals surface area (Å²) in [5.41, 5.74) is 1.27. The minimum Gasteiger partial charge on any atom is -0.481 e. The first-order valence-electron chi connectivity index (χ1n) is 9.11. The van der Waals surface area contributed by atoms with Gasteiger partial charge in [0.25, 0.3) is 11.5 Å². The van der Waals surface area contributed by atoms with E-state index in [4.69, 9.17) is 4.74 Å². The Balaban J connectivity index is 1.83. The molecular formula is C20H25N3O4. The average Bonchev–Trinajstić information content (AvgIpc) is 2.63. The Kier molecular flexibility index (Phi) is 5.60. The number of aromatic nitrogens is 2. The Morgan fingerprint density at radius 1 is 1.30 bits per heavy atom. The standard InChI is InChI=1S/C20H25N3O4/c1-11(2)16-6-5-15(19(25)22-16)20(26)23-18(13-8-14(24)9-13)12-4-7-17(27-3)21-10-12/h4-7,10-11,13-14,18,24H,8-9H2,1-3H3,(H,22,25)(H,23,26). The van der Waals surface area contributed by atoms with Crippen LogP contribution >= 0.6 is 0 Å². The van der Waals surface area contributed by atoms with E-state index in [0.29, 0.717) is 18.7 Å². The normalized spacial score (nSPS) is 20.0. The minimum absolute atomic E-state index is 0.0748. The Labute approximate surface area is 157 Å². The van der Waals surface area contributed by atoms with Gasteiger partial charge >= 0.3 is 0 Å². The maximum absolute atomic E-state index is 12.7. The number of carbonyl (C=O) groups excluding carboxylic acids is 1. The molecule has 1 aliphatic carbocycles. The lowest BCUT2D eigenvalue weighted by atomic mass is 9.75. The van der Waals surface area contributed by atoms with Gasteiger partial charge in [0.05, 0.1) is 19.3 Å². The molecule has 2 aromatic heterocycles. The largest absolute Gasteiger partial charge is 0.481 e. The van der Waals surface area contributed by atoms with E-state index < -0.39 is 11.5 Å². The fourth-order valence-corrected chi connectivity index (χ4v) is 3.30. The van der Waals surface area contributed by atoms with E-state index in [1.165, 1.54) is 7.11 Å². The first kappa shape index (κ1) is 19.1. The summed E-state index contributed by atoms with van der Waals surface area (Å²) in [6, 6.07) is 6.56. The fraction of sp³-hybridized carbons (Fsp3) is 0.450. The fourth-order valence-electron chi connectivity index (χ4n) is 3.30. The third kappa shape index (κ3) is 4.19. The summed E-state index contributed by atoms with van der Waals surface area (Å²) in [5, 5.41) is 12.6. The van der Waals surface area contributed by atoms with Crippen LogP contribution in [0, 0.1) is 5.92 Å². The summed E-state index contributed by atoms with van der Waals surface area (Å²) >= 11 is 0. The van der Waals surface area contributed by atoms with E-state index in [2.05, 4.69) is 15.3 Å². The lowest BCUT2D eigenvalue weighted by molar-refractivity contribution is 0.0234. The Hall–Kier alpha value is -2.67. The zero-order valence-electron chi connectivity index (χ0n) is 15.7. The van der Waals surface area contributed by atoms with E-state index in [1.54, 1.807) is 24.4 Å². The van der Waals surface area contributed by atoms with Gasteiger partial charge in [0.15, 0.2) is 0 Å². The molecule has 2 heterocycles. The molecule has 0 saturated heterocycles. The molecule has 2 aromatic rings. The molecule has 0 aliphatic heterocycles. The van der Waals surface area contributed by atoms with Gasteiger partial charge in [-0.15, -0.1) is 0 Å². The molecule has 1 atom stereocenters. The van der Waals surface area contributed by atoms with Crippen molar-refractivity contribution >= 4 is 5.91 Å². The number of ether oxygens (including phenoxy) is 1. The average molecular weight is 371 g/mol. The highest BCUT2D eigenvalue weighted by molar-refractivity contribution is 5.94. The molecule has 1 fully saturated rings. The van der Waals surface area contributed by atoms with Crippen molar-refractivity contribution in [3.05, 3.63) is 57.6 Å². The van der Waals surface area contributed by atoms with Crippen LogP contribution in [0.4, 0.5) is 0 Å². The Morgan fingerprint density at radius 2 is 2.04 bits per heavy atom. The van der Waals surface area contributed by atoms with Crippen molar-refractivity contribution in [2.24, 2.45) is 5.92 Å². The molecule has 3 rings (SSSR count). The van der Waals surface area contributed by atoms with Crippen molar-refractivity contribution in [3.8, 4) is 5.88 Å². The third-order valence-electron chi connectivity index (χ3n) is 5.03. The number of nitrogens with zero attached hydrogens (tertiary/aromatic N) is 1. The lowest BCUT2D eigenvalue weighted by Gasteiger charge is -2.38. The summed E-state index contributed by atoms with van der Waals surface area (Å²) in [6.45, 7) is 3.94.